The standard InChI is InChI=1S/C13H22/c1-3-7-12-10(2)13(12)11-8-5-4-6-9-11/h11-13H,2-9H2,1H3. The predicted molar refractivity (Wildman–Crippen MR) is 57.6 cm³/mol. The molecule has 0 spiro atoms. The van der Waals surface area contributed by atoms with Crippen molar-refractivity contribution in [2.24, 2.45) is 17.8 Å². The Hall–Kier alpha value is -0.260. The minimum absolute atomic E-state index is 0.924. The molecular weight excluding hydrogens is 156 g/mol. The first-order valence-corrected chi connectivity index (χ1v) is 6.03. The zero-order valence-corrected chi connectivity index (χ0v) is 8.89. The van der Waals surface area contributed by atoms with Gasteiger partial charge >= 0.3 is 0 Å². The maximum absolute atomic E-state index is 4.22. The summed E-state index contributed by atoms with van der Waals surface area (Å²) < 4.78 is 0. The van der Waals surface area contributed by atoms with E-state index in [4.69, 9.17) is 0 Å². The molecule has 2 saturated carbocycles. The van der Waals surface area contributed by atoms with E-state index in [9.17, 15) is 0 Å². The van der Waals surface area contributed by atoms with Gasteiger partial charge in [-0.25, -0.2) is 0 Å². The fraction of sp³-hybridized carbons (Fsp3) is 0.846. The molecule has 0 amide bonds. The molecule has 2 aliphatic rings. The molecule has 2 atom stereocenters. The summed E-state index contributed by atoms with van der Waals surface area (Å²) in [5.41, 5.74) is 1.59. The molecule has 2 rings (SSSR count). The maximum atomic E-state index is 4.22. The Morgan fingerprint density at radius 2 is 1.92 bits per heavy atom. The summed E-state index contributed by atoms with van der Waals surface area (Å²) in [6.45, 7) is 6.52. The van der Waals surface area contributed by atoms with Gasteiger partial charge in [0.05, 0.1) is 0 Å². The number of hydrogen-bond donors (Lipinski definition) is 0. The zero-order valence-electron chi connectivity index (χ0n) is 8.89. The Morgan fingerprint density at radius 1 is 1.23 bits per heavy atom. The van der Waals surface area contributed by atoms with Gasteiger partial charge in [0.15, 0.2) is 0 Å². The molecule has 0 nitrogen and oxygen atoms in total. The topological polar surface area (TPSA) is 0 Å². The lowest BCUT2D eigenvalue weighted by Crippen LogP contribution is -2.09. The fourth-order valence-corrected chi connectivity index (χ4v) is 3.20. The summed E-state index contributed by atoms with van der Waals surface area (Å²) >= 11 is 0. The lowest BCUT2D eigenvalue weighted by Gasteiger charge is -2.21. The largest absolute Gasteiger partial charge is 0.0992 e. The lowest BCUT2D eigenvalue weighted by atomic mass is 9.84. The van der Waals surface area contributed by atoms with Crippen molar-refractivity contribution in [3.05, 3.63) is 12.2 Å². The second-order valence-corrected chi connectivity index (χ2v) is 4.89. The second kappa shape index (κ2) is 3.86. The summed E-state index contributed by atoms with van der Waals surface area (Å²) in [4.78, 5) is 0. The summed E-state index contributed by atoms with van der Waals surface area (Å²) in [7, 11) is 0. The van der Waals surface area contributed by atoms with Crippen LogP contribution in [0.1, 0.15) is 51.9 Å². The van der Waals surface area contributed by atoms with Crippen LogP contribution in [0.4, 0.5) is 0 Å². The van der Waals surface area contributed by atoms with E-state index in [0.717, 1.165) is 17.8 Å². The van der Waals surface area contributed by atoms with Gasteiger partial charge in [0, 0.05) is 0 Å². The van der Waals surface area contributed by atoms with Gasteiger partial charge < -0.3 is 0 Å². The van der Waals surface area contributed by atoms with E-state index in [1.54, 1.807) is 5.57 Å². The number of rotatable bonds is 3. The minimum Gasteiger partial charge on any atom is -0.0992 e. The molecule has 0 heterocycles. The highest BCUT2D eigenvalue weighted by atomic mass is 14.5. The minimum atomic E-state index is 0.924. The molecule has 0 radical (unpaired) electrons. The van der Waals surface area contributed by atoms with Crippen molar-refractivity contribution in [3.8, 4) is 0 Å². The molecule has 0 aromatic heterocycles. The first-order chi connectivity index (χ1) is 6.34. The quantitative estimate of drug-likeness (QED) is 0.569. The highest BCUT2D eigenvalue weighted by molar-refractivity contribution is 5.27. The van der Waals surface area contributed by atoms with Crippen molar-refractivity contribution in [3.63, 3.8) is 0 Å². The van der Waals surface area contributed by atoms with Crippen molar-refractivity contribution < 1.29 is 0 Å². The SMILES string of the molecule is C=C1C(CCC)C1C1CCCCC1. The van der Waals surface area contributed by atoms with Crippen LogP contribution in [0.25, 0.3) is 0 Å². The van der Waals surface area contributed by atoms with Crippen LogP contribution in [0.3, 0.4) is 0 Å². The molecule has 0 saturated heterocycles. The third-order valence-electron chi connectivity index (χ3n) is 3.99. The van der Waals surface area contributed by atoms with Crippen LogP contribution in [0.5, 0.6) is 0 Å². The van der Waals surface area contributed by atoms with E-state index >= 15 is 0 Å². The average Bonchev–Trinajstić information content (AvgIpc) is 2.79. The average molecular weight is 178 g/mol. The van der Waals surface area contributed by atoms with Gasteiger partial charge in [0.25, 0.3) is 0 Å². The summed E-state index contributed by atoms with van der Waals surface area (Å²) in [6.07, 6.45) is 10.2. The molecule has 0 aromatic carbocycles. The normalized spacial score (nSPS) is 35.0. The van der Waals surface area contributed by atoms with Gasteiger partial charge in [-0.05, 0) is 37.0 Å². The van der Waals surface area contributed by atoms with E-state index in [-0.39, 0.29) is 0 Å². The smallest absolute Gasteiger partial charge is 0.0109 e. The molecule has 13 heavy (non-hydrogen) atoms. The molecule has 0 aliphatic heterocycles. The predicted octanol–water partition coefficient (Wildman–Crippen LogP) is 4.17. The number of allylic oxidation sites excluding steroid dienone is 1. The Balaban J connectivity index is 1.84. The van der Waals surface area contributed by atoms with Gasteiger partial charge in [-0.2, -0.15) is 0 Å². The van der Waals surface area contributed by atoms with Crippen molar-refractivity contribution in [1.82, 2.24) is 0 Å². The monoisotopic (exact) mass is 178 g/mol. The summed E-state index contributed by atoms with van der Waals surface area (Å²) in [5.74, 6) is 2.89. The van der Waals surface area contributed by atoms with Crippen molar-refractivity contribution in [2.75, 3.05) is 0 Å². The van der Waals surface area contributed by atoms with Gasteiger partial charge in [0.2, 0.25) is 0 Å². The Kier molecular flexibility index (Phi) is 2.76. The summed E-state index contributed by atoms with van der Waals surface area (Å²) in [6, 6.07) is 0. The second-order valence-electron chi connectivity index (χ2n) is 4.89. The van der Waals surface area contributed by atoms with Gasteiger partial charge in [0.1, 0.15) is 0 Å². The van der Waals surface area contributed by atoms with E-state index in [0.29, 0.717) is 0 Å². The highest BCUT2D eigenvalue weighted by Gasteiger charge is 2.45. The third-order valence-corrected chi connectivity index (χ3v) is 3.99. The van der Waals surface area contributed by atoms with Crippen LogP contribution in [-0.2, 0) is 0 Å². The molecule has 0 aromatic rings. The van der Waals surface area contributed by atoms with Crippen molar-refractivity contribution >= 4 is 0 Å². The maximum Gasteiger partial charge on any atom is -0.0109 e. The van der Waals surface area contributed by atoms with Gasteiger partial charge in [-0.3, -0.25) is 0 Å². The van der Waals surface area contributed by atoms with E-state index in [1.807, 2.05) is 0 Å². The van der Waals surface area contributed by atoms with Crippen LogP contribution in [0.2, 0.25) is 0 Å². The lowest BCUT2D eigenvalue weighted by molar-refractivity contribution is 0.311. The van der Waals surface area contributed by atoms with Crippen molar-refractivity contribution in [1.29, 1.82) is 0 Å². The zero-order chi connectivity index (χ0) is 9.26. The Bertz CT molecular complexity index is 186. The first kappa shape index (κ1) is 9.30. The van der Waals surface area contributed by atoms with Crippen LogP contribution in [-0.4, -0.2) is 0 Å². The summed E-state index contributed by atoms with van der Waals surface area (Å²) in [5, 5.41) is 0. The fourth-order valence-electron chi connectivity index (χ4n) is 3.20. The van der Waals surface area contributed by atoms with Crippen molar-refractivity contribution in [2.45, 2.75) is 51.9 Å². The number of hydrogen-bond acceptors (Lipinski definition) is 0. The third kappa shape index (κ3) is 1.82. The van der Waals surface area contributed by atoms with Gasteiger partial charge in [-0.1, -0.05) is 44.8 Å². The highest BCUT2D eigenvalue weighted by Crippen LogP contribution is 2.55. The van der Waals surface area contributed by atoms with Gasteiger partial charge in [-0.15, -0.1) is 0 Å². The van der Waals surface area contributed by atoms with Crippen LogP contribution in [0, 0.1) is 17.8 Å². The molecule has 0 bridgehead atoms. The van der Waals surface area contributed by atoms with Crippen LogP contribution < -0.4 is 0 Å². The molecular formula is C13H22. The van der Waals surface area contributed by atoms with Crippen LogP contribution >= 0.6 is 0 Å². The molecule has 2 unspecified atom stereocenters. The molecule has 0 heteroatoms. The Morgan fingerprint density at radius 3 is 2.54 bits per heavy atom. The van der Waals surface area contributed by atoms with E-state index in [2.05, 4.69) is 13.5 Å². The molecule has 2 aliphatic carbocycles. The molecule has 74 valence electrons. The van der Waals surface area contributed by atoms with E-state index < -0.39 is 0 Å². The Labute approximate surface area is 82.4 Å². The molecule has 0 N–H and O–H groups in total. The molecule has 2 fully saturated rings. The van der Waals surface area contributed by atoms with Crippen LogP contribution in [0.15, 0.2) is 12.2 Å². The first-order valence-electron chi connectivity index (χ1n) is 6.03. The van der Waals surface area contributed by atoms with E-state index in [1.165, 1.54) is 44.9 Å².